The molecule has 1 unspecified atom stereocenters. The van der Waals surface area contributed by atoms with E-state index in [0.29, 0.717) is 0 Å². The van der Waals surface area contributed by atoms with Gasteiger partial charge in [-0.05, 0) is 0 Å². The van der Waals surface area contributed by atoms with Crippen molar-refractivity contribution >= 4 is 32.6 Å². The van der Waals surface area contributed by atoms with Crippen molar-refractivity contribution in [2.75, 3.05) is 33.0 Å². The molecule has 0 bridgehead atoms. The molecule has 5 aliphatic rings. The highest BCUT2D eigenvalue weighted by atomic mass is 32.3. The Hall–Kier alpha value is -2.20. The summed E-state index contributed by atoms with van der Waals surface area (Å²) in [5.41, 5.74) is 0. The van der Waals surface area contributed by atoms with Crippen LogP contribution in [0.1, 0.15) is 13.8 Å². The van der Waals surface area contributed by atoms with Gasteiger partial charge in [-0.1, -0.05) is 0 Å². The smallest absolute Gasteiger partial charge is 0.394 e. The van der Waals surface area contributed by atoms with Crippen molar-refractivity contribution in [1.82, 2.24) is 10.6 Å². The molecule has 70 heavy (non-hydrogen) atoms. The molecule has 0 radical (unpaired) electrons. The highest BCUT2D eigenvalue weighted by Crippen LogP contribution is 2.36. The molecule has 5 saturated heterocycles. The molecule has 0 aromatic carbocycles. The third-order valence-corrected chi connectivity index (χ3v) is 12.4. The predicted octanol–water partition coefficient (Wildman–Crippen LogP) is -12.0. The van der Waals surface area contributed by atoms with E-state index in [-0.39, 0.29) is 0 Å². The number of rotatable bonds is 19. The summed E-state index contributed by atoms with van der Waals surface area (Å²) in [5, 5.41) is 143. The summed E-state index contributed by atoms with van der Waals surface area (Å²) in [7, 11) is -10.7. The summed E-state index contributed by atoms with van der Waals surface area (Å²) in [6.45, 7) is -3.79. The number of hydrogen-bond donors (Lipinski definition) is 17. The number of carbonyl (C=O) groups excluding carboxylic acids is 2. The molecule has 0 saturated carbocycles. The molecule has 0 spiro atoms. The number of aliphatic hydroxyl groups is 13. The molecule has 5 heterocycles. The Kier molecular flexibility index (Phi) is 20.5. The Morgan fingerprint density at radius 2 is 0.771 bits per heavy atom. The second kappa shape index (κ2) is 24.4. The zero-order valence-corrected chi connectivity index (χ0v) is 38.1. The molecule has 2 amide bonds. The molecule has 25 atom stereocenters. The van der Waals surface area contributed by atoms with Crippen molar-refractivity contribution in [3.63, 3.8) is 0 Å². The summed E-state index contributed by atoms with van der Waals surface area (Å²) in [6.07, 6.45) is -47.3. The number of amides is 2. The Morgan fingerprint density at radius 1 is 0.429 bits per heavy atom. The summed E-state index contributed by atoms with van der Waals surface area (Å²) in [6, 6.07) is -3.82. The largest absolute Gasteiger partial charge is 0.397 e. The Bertz CT molecular complexity index is 1940. The van der Waals surface area contributed by atoms with E-state index in [1.807, 2.05) is 0 Å². The lowest BCUT2D eigenvalue weighted by Crippen LogP contribution is -2.70. The molecule has 17 N–H and O–H groups in total. The zero-order valence-electron chi connectivity index (χ0n) is 36.4. The second-order valence-electron chi connectivity index (χ2n) is 16.5. The molecule has 5 rings (SSSR count). The third-order valence-electron chi connectivity index (χ3n) is 11.5. The second-order valence-corrected chi connectivity index (χ2v) is 18.7. The average molecular weight is 1070 g/mol. The fraction of sp³-hybridized carbons (Fsp3) is 0.941. The van der Waals surface area contributed by atoms with Crippen LogP contribution in [0.5, 0.6) is 0 Å². The van der Waals surface area contributed by atoms with Gasteiger partial charge < -0.3 is 120 Å². The van der Waals surface area contributed by atoms with Crippen molar-refractivity contribution in [2.45, 2.75) is 167 Å². The number of hydrogen-bond acceptors (Lipinski definition) is 30. The van der Waals surface area contributed by atoms with Crippen molar-refractivity contribution < 1.29 is 153 Å². The van der Waals surface area contributed by atoms with Crippen LogP contribution in [0.3, 0.4) is 0 Å². The minimum absolute atomic E-state index is 0.918. The van der Waals surface area contributed by atoms with Gasteiger partial charge in [-0.2, -0.15) is 16.8 Å². The van der Waals surface area contributed by atoms with E-state index in [9.17, 15) is 102 Å². The molecule has 0 aromatic heterocycles. The van der Waals surface area contributed by atoms with Crippen LogP contribution >= 0.6 is 0 Å². The maximum atomic E-state index is 12.5. The minimum Gasteiger partial charge on any atom is -0.394 e. The van der Waals surface area contributed by atoms with Crippen LogP contribution in [0.25, 0.3) is 0 Å². The van der Waals surface area contributed by atoms with E-state index < -0.39 is 219 Å². The first kappa shape index (κ1) is 58.7. The topological polar surface area (TPSA) is 531 Å². The van der Waals surface area contributed by atoms with Gasteiger partial charge in [0.2, 0.25) is 11.8 Å². The number of ether oxygens (including phenoxy) is 9. The summed E-state index contributed by atoms with van der Waals surface area (Å²) < 4.78 is 125. The van der Waals surface area contributed by atoms with Crippen LogP contribution in [0.2, 0.25) is 0 Å². The van der Waals surface area contributed by atoms with Gasteiger partial charge in [0.15, 0.2) is 31.5 Å². The van der Waals surface area contributed by atoms with Crippen LogP contribution in [0.4, 0.5) is 0 Å². The zero-order chi connectivity index (χ0) is 52.3. The van der Waals surface area contributed by atoms with Crippen LogP contribution in [0.15, 0.2) is 0 Å². The first-order valence-corrected chi connectivity index (χ1v) is 23.6. The van der Waals surface area contributed by atoms with Crippen molar-refractivity contribution in [3.8, 4) is 0 Å². The Balaban J connectivity index is 1.46. The lowest BCUT2D eigenvalue weighted by molar-refractivity contribution is -0.381. The van der Waals surface area contributed by atoms with E-state index in [1.165, 1.54) is 0 Å². The molecule has 5 aliphatic heterocycles. The minimum atomic E-state index is -5.36. The quantitative estimate of drug-likeness (QED) is 0.0534. The fourth-order valence-corrected chi connectivity index (χ4v) is 8.73. The SMILES string of the molecule is CC(=O)N[C@H]1[C@H](O[C@H]2[C@@H](O)[C@@H](CO)O[C@@H](O[C@H]3[C@H](O)[C@@H](NC(C)=O)[C@H](O[C@H]4[C@@H](O)[C@@H](CO)OC(O)[C@@H]4O)O[C@@H]3COS(=O)(=O)O)[C@@H]2O)O[C@H](COS(=O)(=O)O)[C@@H](O[C@@H]2O[C@H](CO)[C@H](O)[C@H](O)[C@H]2O)[C@@H]1O. The van der Waals surface area contributed by atoms with Crippen LogP contribution < -0.4 is 10.6 Å². The van der Waals surface area contributed by atoms with Gasteiger partial charge in [-0.25, -0.2) is 8.37 Å². The van der Waals surface area contributed by atoms with E-state index in [0.717, 1.165) is 13.8 Å². The van der Waals surface area contributed by atoms with Crippen LogP contribution in [-0.2, 0) is 81.4 Å². The van der Waals surface area contributed by atoms with Crippen LogP contribution in [0, 0.1) is 0 Å². The number of aliphatic hydroxyl groups excluding tert-OH is 13. The van der Waals surface area contributed by atoms with Crippen molar-refractivity contribution in [3.05, 3.63) is 0 Å². The van der Waals surface area contributed by atoms with E-state index in [1.54, 1.807) is 0 Å². The summed E-state index contributed by atoms with van der Waals surface area (Å²) in [4.78, 5) is 24.9. The summed E-state index contributed by atoms with van der Waals surface area (Å²) in [5.74, 6) is -1.88. The Morgan fingerprint density at radius 3 is 1.16 bits per heavy atom. The third kappa shape index (κ3) is 14.1. The van der Waals surface area contributed by atoms with Gasteiger partial charge in [-0.3, -0.25) is 18.7 Å². The maximum absolute atomic E-state index is 12.5. The number of carbonyl (C=O) groups is 2. The monoisotopic (exact) mass is 1070 g/mol. The first-order chi connectivity index (χ1) is 32.6. The highest BCUT2D eigenvalue weighted by molar-refractivity contribution is 7.81. The average Bonchev–Trinajstić information content (AvgIpc) is 3.27. The fourth-order valence-electron chi connectivity index (χ4n) is 8.11. The summed E-state index contributed by atoms with van der Waals surface area (Å²) >= 11 is 0. The van der Waals surface area contributed by atoms with Crippen LogP contribution in [-0.4, -0.2) is 291 Å². The van der Waals surface area contributed by atoms with Gasteiger partial charge in [0, 0.05) is 13.8 Å². The predicted molar refractivity (Wildman–Crippen MR) is 211 cm³/mol. The van der Waals surface area contributed by atoms with Gasteiger partial charge in [0.25, 0.3) is 0 Å². The van der Waals surface area contributed by atoms with Gasteiger partial charge in [0.05, 0.1) is 33.0 Å². The molecule has 36 heteroatoms. The first-order valence-electron chi connectivity index (χ1n) is 20.9. The van der Waals surface area contributed by atoms with Gasteiger partial charge in [-0.15, -0.1) is 0 Å². The normalized spacial score (nSPS) is 45.2. The lowest BCUT2D eigenvalue weighted by atomic mass is 9.94. The van der Waals surface area contributed by atoms with Crippen molar-refractivity contribution in [2.24, 2.45) is 0 Å². The molecule has 408 valence electrons. The lowest BCUT2D eigenvalue weighted by Gasteiger charge is -2.50. The van der Waals surface area contributed by atoms with Gasteiger partial charge in [0.1, 0.15) is 122 Å². The highest BCUT2D eigenvalue weighted by Gasteiger charge is 2.57. The van der Waals surface area contributed by atoms with Crippen molar-refractivity contribution in [1.29, 1.82) is 0 Å². The molecule has 34 nitrogen and oxygen atoms in total. The number of nitrogens with one attached hydrogen (secondary N) is 2. The maximum Gasteiger partial charge on any atom is 0.397 e. The molecular formula is C34H58N2O32S2. The molecule has 0 aliphatic carbocycles. The molecule has 5 fully saturated rings. The molecule has 0 aromatic rings. The van der Waals surface area contributed by atoms with E-state index in [4.69, 9.17) is 42.6 Å². The standard InChI is InChI=1S/C34H58N2O32S2/c1-8(40)35-15-21(46)27(14(7-59-70(55,56)57)63-31(15)67-28-18(43)11(4-38)60-30(51)24(28)49)66-34-25(50)29(19(44)12(5-39)62-34)68-32-16(36-9(2)41)20(45)26(13(64-32)6-58-69(52,53)54)65-33-23(48)22(47)17(42)10(3-37)61-33/h10-34,37-39,42-51H,3-7H2,1-2H3,(H,35,40)(H,36,41)(H,52,53,54)(H,55,56,57)/t10-,11-,12-,13-,14-,15-,16-,17+,18+,19+,20-,21-,22+,23-,24-,25-,26-,27-,28+,29+,30?,31+,32+,33+,34+/m1/s1. The van der Waals surface area contributed by atoms with E-state index >= 15 is 0 Å². The molecular weight excluding hydrogens is 1010 g/mol. The Labute approximate surface area is 395 Å². The van der Waals surface area contributed by atoms with Gasteiger partial charge >= 0.3 is 20.8 Å². The van der Waals surface area contributed by atoms with E-state index in [2.05, 4.69) is 19.0 Å².